The van der Waals surface area contributed by atoms with Crippen LogP contribution >= 0.6 is 0 Å². The number of nitrogens with one attached hydrogen (secondary N) is 1. The number of hydrogen-bond donors (Lipinski definition) is 1. The summed E-state index contributed by atoms with van der Waals surface area (Å²) < 4.78 is 0. The van der Waals surface area contributed by atoms with Gasteiger partial charge in [-0.25, -0.2) is 4.98 Å². The number of piperidine rings is 1. The minimum absolute atomic E-state index is 0.0690. The first kappa shape index (κ1) is 17.1. The zero-order valence-electron chi connectivity index (χ0n) is 14.4. The first-order valence-corrected chi connectivity index (χ1v) is 8.53. The Labute approximate surface area is 148 Å². The van der Waals surface area contributed by atoms with Gasteiger partial charge in [0.2, 0.25) is 5.91 Å². The lowest BCUT2D eigenvalue weighted by atomic mass is 9.74. The number of aromatic nitrogens is 1. The summed E-state index contributed by atoms with van der Waals surface area (Å²) in [4.78, 5) is 18.5. The van der Waals surface area contributed by atoms with Crippen LogP contribution in [0, 0.1) is 18.3 Å². The second-order valence-corrected chi connectivity index (χ2v) is 6.61. The van der Waals surface area contributed by atoms with E-state index in [2.05, 4.69) is 21.3 Å². The molecule has 0 spiro atoms. The van der Waals surface area contributed by atoms with Gasteiger partial charge in [0.15, 0.2) is 0 Å². The van der Waals surface area contributed by atoms with Crippen molar-refractivity contribution in [3.63, 3.8) is 0 Å². The molecule has 5 nitrogen and oxygen atoms in total. The van der Waals surface area contributed by atoms with Gasteiger partial charge in [-0.1, -0.05) is 36.4 Å². The quantitative estimate of drug-likeness (QED) is 0.933. The predicted octanol–water partition coefficient (Wildman–Crippen LogP) is 2.89. The van der Waals surface area contributed by atoms with Crippen LogP contribution in [0.4, 0.5) is 5.82 Å². The fourth-order valence-electron chi connectivity index (χ4n) is 3.24. The molecule has 1 N–H and O–H groups in total. The minimum atomic E-state index is -0.438. The molecule has 0 atom stereocenters. The number of nitrogens with zero attached hydrogens (tertiary/aromatic N) is 3. The van der Waals surface area contributed by atoms with Gasteiger partial charge >= 0.3 is 0 Å². The van der Waals surface area contributed by atoms with Crippen LogP contribution in [-0.2, 0) is 10.2 Å². The monoisotopic (exact) mass is 334 g/mol. The summed E-state index contributed by atoms with van der Waals surface area (Å²) in [6.45, 7) is 3.75. The van der Waals surface area contributed by atoms with E-state index in [1.807, 2.05) is 43.3 Å². The molecule has 1 aliphatic heterocycles. The summed E-state index contributed by atoms with van der Waals surface area (Å²) >= 11 is 0. The molecule has 2 aromatic rings. The van der Waals surface area contributed by atoms with Crippen molar-refractivity contribution < 1.29 is 4.79 Å². The SMILES string of the molecule is Cc1ccc(NC(=O)CN2CCC(C#N)(c3ccccc3)CC2)nc1. The Hall–Kier alpha value is -2.71. The molecule has 1 aromatic heterocycles. The Morgan fingerprint density at radius 2 is 1.96 bits per heavy atom. The van der Waals surface area contributed by atoms with Gasteiger partial charge in [0, 0.05) is 19.3 Å². The molecule has 1 amide bonds. The van der Waals surface area contributed by atoms with E-state index in [0.717, 1.165) is 37.1 Å². The van der Waals surface area contributed by atoms with Crippen LogP contribution in [-0.4, -0.2) is 35.4 Å². The summed E-state index contributed by atoms with van der Waals surface area (Å²) in [5, 5.41) is 12.6. The second-order valence-electron chi connectivity index (χ2n) is 6.61. The number of benzene rings is 1. The molecule has 25 heavy (non-hydrogen) atoms. The summed E-state index contributed by atoms with van der Waals surface area (Å²) in [5.74, 6) is 0.504. The van der Waals surface area contributed by atoms with Crippen LogP contribution in [0.5, 0.6) is 0 Å². The number of carbonyl (C=O) groups excluding carboxylic acids is 1. The molecule has 2 heterocycles. The van der Waals surface area contributed by atoms with Gasteiger partial charge in [0.25, 0.3) is 0 Å². The molecule has 0 aliphatic carbocycles. The third kappa shape index (κ3) is 4.04. The number of nitriles is 1. The normalized spacial score (nSPS) is 16.8. The van der Waals surface area contributed by atoms with Crippen molar-refractivity contribution in [1.82, 2.24) is 9.88 Å². The molecule has 1 aromatic carbocycles. The van der Waals surface area contributed by atoms with E-state index in [-0.39, 0.29) is 5.91 Å². The third-order valence-corrected chi connectivity index (χ3v) is 4.80. The number of hydrogen-bond acceptors (Lipinski definition) is 4. The molecule has 0 saturated carbocycles. The van der Waals surface area contributed by atoms with Crippen LogP contribution in [0.15, 0.2) is 48.7 Å². The standard InChI is InChI=1S/C20H22N4O/c1-16-7-8-18(22-13-16)23-19(25)14-24-11-9-20(15-21,10-12-24)17-5-3-2-4-6-17/h2-8,13H,9-12,14H2,1H3,(H,22,23,25). The highest BCUT2D eigenvalue weighted by Gasteiger charge is 2.36. The number of likely N-dealkylation sites (tertiary alicyclic amines) is 1. The van der Waals surface area contributed by atoms with Gasteiger partial charge in [-0.2, -0.15) is 5.26 Å². The van der Waals surface area contributed by atoms with Crippen molar-refractivity contribution in [2.24, 2.45) is 0 Å². The van der Waals surface area contributed by atoms with Gasteiger partial charge in [-0.05, 0) is 37.0 Å². The van der Waals surface area contributed by atoms with E-state index in [9.17, 15) is 10.1 Å². The van der Waals surface area contributed by atoms with Crippen molar-refractivity contribution in [2.75, 3.05) is 25.0 Å². The average Bonchev–Trinajstić information content (AvgIpc) is 2.65. The molecule has 0 radical (unpaired) electrons. The van der Waals surface area contributed by atoms with Crippen LogP contribution in [0.3, 0.4) is 0 Å². The van der Waals surface area contributed by atoms with Gasteiger partial charge in [-0.15, -0.1) is 0 Å². The molecule has 3 rings (SSSR count). The Bertz CT molecular complexity index is 757. The zero-order chi connectivity index (χ0) is 17.7. The van der Waals surface area contributed by atoms with Crippen molar-refractivity contribution in [1.29, 1.82) is 5.26 Å². The van der Waals surface area contributed by atoms with Crippen molar-refractivity contribution in [2.45, 2.75) is 25.2 Å². The molecule has 1 fully saturated rings. The zero-order valence-corrected chi connectivity index (χ0v) is 14.4. The van der Waals surface area contributed by atoms with Gasteiger partial charge in [0.05, 0.1) is 18.0 Å². The lowest BCUT2D eigenvalue weighted by Crippen LogP contribution is -2.44. The van der Waals surface area contributed by atoms with E-state index in [1.54, 1.807) is 12.3 Å². The van der Waals surface area contributed by atoms with Gasteiger partial charge < -0.3 is 5.32 Å². The lowest BCUT2D eigenvalue weighted by Gasteiger charge is -2.37. The van der Waals surface area contributed by atoms with E-state index in [1.165, 1.54) is 0 Å². The molecule has 0 bridgehead atoms. The third-order valence-electron chi connectivity index (χ3n) is 4.80. The highest BCUT2D eigenvalue weighted by Crippen LogP contribution is 2.34. The van der Waals surface area contributed by atoms with Gasteiger partial charge in [0.1, 0.15) is 5.82 Å². The van der Waals surface area contributed by atoms with E-state index in [0.29, 0.717) is 12.4 Å². The number of aryl methyl sites for hydroxylation is 1. The van der Waals surface area contributed by atoms with E-state index >= 15 is 0 Å². The van der Waals surface area contributed by atoms with E-state index < -0.39 is 5.41 Å². The Kier molecular flexibility index (Phi) is 5.11. The number of anilines is 1. The van der Waals surface area contributed by atoms with Crippen LogP contribution < -0.4 is 5.32 Å². The Morgan fingerprint density at radius 1 is 1.24 bits per heavy atom. The molecule has 5 heteroatoms. The predicted molar refractivity (Wildman–Crippen MR) is 97.0 cm³/mol. The highest BCUT2D eigenvalue weighted by molar-refractivity contribution is 5.91. The average molecular weight is 334 g/mol. The maximum absolute atomic E-state index is 12.2. The fourth-order valence-corrected chi connectivity index (χ4v) is 3.24. The van der Waals surface area contributed by atoms with Crippen LogP contribution in [0.2, 0.25) is 0 Å². The van der Waals surface area contributed by atoms with Crippen molar-refractivity contribution in [3.05, 3.63) is 59.8 Å². The van der Waals surface area contributed by atoms with Crippen molar-refractivity contribution >= 4 is 11.7 Å². The minimum Gasteiger partial charge on any atom is -0.310 e. The Balaban J connectivity index is 1.56. The molecule has 1 saturated heterocycles. The number of amides is 1. The van der Waals surface area contributed by atoms with Crippen molar-refractivity contribution in [3.8, 4) is 6.07 Å². The maximum atomic E-state index is 12.2. The first-order chi connectivity index (χ1) is 12.1. The van der Waals surface area contributed by atoms with Crippen LogP contribution in [0.25, 0.3) is 0 Å². The summed E-state index contributed by atoms with van der Waals surface area (Å²) in [6.07, 6.45) is 3.21. The lowest BCUT2D eigenvalue weighted by molar-refractivity contribution is -0.117. The smallest absolute Gasteiger partial charge is 0.239 e. The summed E-state index contributed by atoms with van der Waals surface area (Å²) in [7, 11) is 0. The van der Waals surface area contributed by atoms with Gasteiger partial charge in [-0.3, -0.25) is 9.69 Å². The molecular weight excluding hydrogens is 312 g/mol. The highest BCUT2D eigenvalue weighted by atomic mass is 16.2. The fraction of sp³-hybridized carbons (Fsp3) is 0.350. The molecule has 1 aliphatic rings. The molecule has 128 valence electrons. The number of pyridine rings is 1. The second kappa shape index (κ2) is 7.45. The summed E-state index contributed by atoms with van der Waals surface area (Å²) in [5.41, 5.74) is 1.69. The topological polar surface area (TPSA) is 69.0 Å². The van der Waals surface area contributed by atoms with Crippen LogP contribution in [0.1, 0.15) is 24.0 Å². The number of carbonyl (C=O) groups is 1. The largest absolute Gasteiger partial charge is 0.310 e. The Morgan fingerprint density at radius 3 is 2.56 bits per heavy atom. The first-order valence-electron chi connectivity index (χ1n) is 8.53. The maximum Gasteiger partial charge on any atom is 0.239 e. The molecule has 0 unspecified atom stereocenters. The number of rotatable bonds is 4. The van der Waals surface area contributed by atoms with E-state index in [4.69, 9.17) is 0 Å². The summed E-state index contributed by atoms with van der Waals surface area (Å²) in [6, 6.07) is 16.2. The molecular formula is C20H22N4O.